The Kier molecular flexibility index (Phi) is 2.43. The third kappa shape index (κ3) is 1.89. The zero-order valence-corrected chi connectivity index (χ0v) is 8.85. The van der Waals surface area contributed by atoms with Gasteiger partial charge in [-0.05, 0) is 18.2 Å². The van der Waals surface area contributed by atoms with Crippen molar-refractivity contribution in [2.75, 3.05) is 5.32 Å². The molecule has 0 fully saturated rings. The summed E-state index contributed by atoms with van der Waals surface area (Å²) in [5.41, 5.74) is -1.03. The van der Waals surface area contributed by atoms with E-state index in [1.807, 2.05) is 0 Å². The first-order valence-electron chi connectivity index (χ1n) is 4.75. The summed E-state index contributed by atoms with van der Waals surface area (Å²) in [5.74, 6) is -0.262. The molecule has 7 nitrogen and oxygen atoms in total. The van der Waals surface area contributed by atoms with E-state index < -0.39 is 11.2 Å². The molecule has 0 atom stereocenters. The minimum atomic E-state index is -0.928. The van der Waals surface area contributed by atoms with Crippen LogP contribution in [0.5, 0.6) is 0 Å². The van der Waals surface area contributed by atoms with Gasteiger partial charge < -0.3 is 15.5 Å². The van der Waals surface area contributed by atoms with Crippen LogP contribution in [0.3, 0.4) is 0 Å². The van der Waals surface area contributed by atoms with Gasteiger partial charge in [0, 0.05) is 12.6 Å². The second kappa shape index (κ2) is 3.78. The van der Waals surface area contributed by atoms with Gasteiger partial charge in [0.2, 0.25) is 5.91 Å². The molecule has 0 spiro atoms. The van der Waals surface area contributed by atoms with Crippen LogP contribution in [-0.2, 0) is 4.79 Å². The highest BCUT2D eigenvalue weighted by Crippen LogP contribution is 2.13. The maximum absolute atomic E-state index is 11.5. The van der Waals surface area contributed by atoms with Crippen molar-refractivity contribution in [3.05, 3.63) is 39.0 Å². The fraction of sp³-hybridized carbons (Fsp3) is 0.100. The van der Waals surface area contributed by atoms with Gasteiger partial charge in [-0.1, -0.05) is 4.73 Å². The molecule has 0 aliphatic carbocycles. The van der Waals surface area contributed by atoms with Crippen LogP contribution in [0.25, 0.3) is 10.9 Å². The van der Waals surface area contributed by atoms with Crippen molar-refractivity contribution in [2.45, 2.75) is 6.92 Å². The van der Waals surface area contributed by atoms with Gasteiger partial charge in [-0.2, -0.15) is 0 Å². The van der Waals surface area contributed by atoms with E-state index in [0.29, 0.717) is 5.69 Å². The van der Waals surface area contributed by atoms with Crippen LogP contribution in [0.2, 0.25) is 0 Å². The minimum Gasteiger partial charge on any atom is -0.421 e. The first kappa shape index (κ1) is 10.9. The molecule has 1 heterocycles. The van der Waals surface area contributed by atoms with Crippen LogP contribution in [0.4, 0.5) is 5.69 Å². The number of carbonyl (C=O) groups excluding carboxylic acids is 1. The lowest BCUT2D eigenvalue weighted by molar-refractivity contribution is -0.114. The van der Waals surface area contributed by atoms with Gasteiger partial charge in [0.15, 0.2) is 0 Å². The van der Waals surface area contributed by atoms with Gasteiger partial charge >= 0.3 is 5.69 Å². The highest BCUT2D eigenvalue weighted by Gasteiger charge is 2.07. The van der Waals surface area contributed by atoms with Gasteiger partial charge in [0.25, 0.3) is 5.56 Å². The average Bonchev–Trinajstić information content (AvgIpc) is 2.25. The lowest BCUT2D eigenvalue weighted by atomic mass is 10.2. The number of hydrogen-bond donors (Lipinski definition) is 3. The average molecular weight is 235 g/mol. The van der Waals surface area contributed by atoms with Gasteiger partial charge in [0.05, 0.1) is 10.9 Å². The largest absolute Gasteiger partial charge is 0.421 e. The van der Waals surface area contributed by atoms with E-state index in [1.54, 1.807) is 0 Å². The van der Waals surface area contributed by atoms with Crippen molar-refractivity contribution < 1.29 is 10.0 Å². The zero-order valence-electron chi connectivity index (χ0n) is 8.85. The van der Waals surface area contributed by atoms with E-state index in [-0.39, 0.29) is 21.5 Å². The van der Waals surface area contributed by atoms with Crippen LogP contribution >= 0.6 is 0 Å². The van der Waals surface area contributed by atoms with E-state index in [0.717, 1.165) is 0 Å². The normalized spacial score (nSPS) is 10.4. The fourth-order valence-electron chi connectivity index (χ4n) is 1.49. The number of hydrogen-bond acceptors (Lipinski definition) is 4. The molecule has 3 N–H and O–H groups in total. The lowest BCUT2D eigenvalue weighted by Crippen LogP contribution is -2.33. The first-order chi connectivity index (χ1) is 7.99. The summed E-state index contributed by atoms with van der Waals surface area (Å²) < 4.78 is 0.000405. The summed E-state index contributed by atoms with van der Waals surface area (Å²) in [5, 5.41) is 11.8. The Morgan fingerprint density at radius 2 is 2.12 bits per heavy atom. The maximum Gasteiger partial charge on any atom is 0.362 e. The molecule has 1 aromatic heterocycles. The monoisotopic (exact) mass is 235 g/mol. The van der Waals surface area contributed by atoms with E-state index in [2.05, 4.69) is 10.3 Å². The second-order valence-corrected chi connectivity index (χ2v) is 3.49. The van der Waals surface area contributed by atoms with Crippen LogP contribution in [0, 0.1) is 0 Å². The molecular formula is C10H9N3O4. The molecule has 7 heteroatoms. The topological polar surface area (TPSA) is 104 Å². The third-order valence-electron chi connectivity index (χ3n) is 2.20. The Morgan fingerprint density at radius 3 is 2.76 bits per heavy atom. The number of fused-ring (bicyclic) bond motifs is 1. The van der Waals surface area contributed by atoms with Crippen molar-refractivity contribution in [3.8, 4) is 0 Å². The molecule has 0 radical (unpaired) electrons. The number of aromatic nitrogens is 2. The summed E-state index contributed by atoms with van der Waals surface area (Å²) >= 11 is 0. The number of nitrogens with zero attached hydrogens (tertiary/aromatic N) is 1. The standard InChI is InChI=1S/C10H9N3O4/c1-5(14)11-6-2-3-7-8(4-6)12-10(16)13(17)9(7)15/h2-4,17H,1H3,(H,11,14)(H,12,16). The molecule has 2 aromatic rings. The highest BCUT2D eigenvalue weighted by molar-refractivity contribution is 5.91. The molecule has 0 bridgehead atoms. The van der Waals surface area contributed by atoms with Crippen LogP contribution in [0.1, 0.15) is 6.92 Å². The van der Waals surface area contributed by atoms with Crippen LogP contribution in [-0.4, -0.2) is 20.8 Å². The maximum atomic E-state index is 11.5. The van der Waals surface area contributed by atoms with E-state index >= 15 is 0 Å². The number of nitrogens with one attached hydrogen (secondary N) is 2. The molecule has 0 unspecified atom stereocenters. The molecule has 0 saturated heterocycles. The van der Waals surface area contributed by atoms with Crippen molar-refractivity contribution in [1.29, 1.82) is 0 Å². The minimum absolute atomic E-state index is 0.000405. The smallest absolute Gasteiger partial charge is 0.362 e. The number of benzene rings is 1. The van der Waals surface area contributed by atoms with Crippen LogP contribution < -0.4 is 16.6 Å². The Balaban J connectivity index is 2.71. The van der Waals surface area contributed by atoms with Crippen molar-refractivity contribution in [3.63, 3.8) is 0 Å². The molecule has 0 aliphatic rings. The Labute approximate surface area is 94.3 Å². The van der Waals surface area contributed by atoms with Gasteiger partial charge in [-0.25, -0.2) is 4.79 Å². The molecular weight excluding hydrogens is 226 g/mol. The zero-order chi connectivity index (χ0) is 12.6. The summed E-state index contributed by atoms with van der Waals surface area (Å²) in [6.07, 6.45) is 0. The number of aromatic amines is 1. The quantitative estimate of drug-likeness (QED) is 0.599. The Morgan fingerprint density at radius 1 is 1.41 bits per heavy atom. The van der Waals surface area contributed by atoms with Gasteiger partial charge in [-0.3, -0.25) is 9.59 Å². The molecule has 1 amide bonds. The molecule has 2 rings (SSSR count). The molecule has 0 saturated carbocycles. The number of carbonyl (C=O) groups is 1. The Bertz CT molecular complexity index is 714. The molecule has 17 heavy (non-hydrogen) atoms. The van der Waals surface area contributed by atoms with Gasteiger partial charge in [-0.15, -0.1) is 0 Å². The second-order valence-electron chi connectivity index (χ2n) is 3.49. The molecule has 88 valence electrons. The number of amides is 1. The summed E-state index contributed by atoms with van der Waals surface area (Å²) in [7, 11) is 0. The third-order valence-corrected chi connectivity index (χ3v) is 2.20. The van der Waals surface area contributed by atoms with E-state index in [1.165, 1.54) is 25.1 Å². The van der Waals surface area contributed by atoms with Crippen molar-refractivity contribution >= 4 is 22.5 Å². The van der Waals surface area contributed by atoms with Crippen LogP contribution in [0.15, 0.2) is 27.8 Å². The number of H-pyrrole nitrogens is 1. The van der Waals surface area contributed by atoms with E-state index in [9.17, 15) is 14.4 Å². The molecule has 0 aliphatic heterocycles. The fourth-order valence-corrected chi connectivity index (χ4v) is 1.49. The predicted molar refractivity (Wildman–Crippen MR) is 60.3 cm³/mol. The summed E-state index contributed by atoms with van der Waals surface area (Å²) in [6.45, 7) is 1.35. The highest BCUT2D eigenvalue weighted by atomic mass is 16.5. The van der Waals surface area contributed by atoms with Crippen molar-refractivity contribution in [2.24, 2.45) is 0 Å². The number of anilines is 1. The lowest BCUT2D eigenvalue weighted by Gasteiger charge is -2.04. The summed E-state index contributed by atoms with van der Waals surface area (Å²) in [6, 6.07) is 4.36. The van der Waals surface area contributed by atoms with Crippen molar-refractivity contribution in [1.82, 2.24) is 9.71 Å². The first-order valence-corrected chi connectivity index (χ1v) is 4.75. The molecule has 1 aromatic carbocycles. The van der Waals surface area contributed by atoms with E-state index in [4.69, 9.17) is 5.21 Å². The SMILES string of the molecule is CC(=O)Nc1ccc2c(=O)n(O)c(=O)[nH]c2c1. The predicted octanol–water partition coefficient (Wildman–Crippen LogP) is -0.115. The van der Waals surface area contributed by atoms with Gasteiger partial charge in [0.1, 0.15) is 0 Å². The Hall–Kier alpha value is -2.57. The number of rotatable bonds is 1. The summed E-state index contributed by atoms with van der Waals surface area (Å²) in [4.78, 5) is 35.8.